The summed E-state index contributed by atoms with van der Waals surface area (Å²) >= 11 is 7.30. The van der Waals surface area contributed by atoms with Crippen LogP contribution in [0.5, 0.6) is 5.75 Å². The third-order valence-corrected chi connectivity index (χ3v) is 5.94. The lowest BCUT2D eigenvalue weighted by Crippen LogP contribution is -2.19. The first-order valence-electron chi connectivity index (χ1n) is 9.90. The number of nitrogens with zero attached hydrogens (tertiary/aromatic N) is 2. The van der Waals surface area contributed by atoms with Crippen molar-refractivity contribution in [3.8, 4) is 5.75 Å². The average molecular weight is 480 g/mol. The summed E-state index contributed by atoms with van der Waals surface area (Å²) in [7, 11) is 0. The number of hydrogen-bond donors (Lipinski definition) is 1. The fourth-order valence-electron chi connectivity index (χ4n) is 3.04. The van der Waals surface area contributed by atoms with Crippen molar-refractivity contribution in [1.29, 1.82) is 0 Å². The number of non-ortho nitro benzene ring substituents is 1. The van der Waals surface area contributed by atoms with Crippen LogP contribution in [0.3, 0.4) is 0 Å². The van der Waals surface area contributed by atoms with Crippen LogP contribution < -0.4 is 10.1 Å². The van der Waals surface area contributed by atoms with Crippen molar-refractivity contribution < 1.29 is 14.5 Å². The molecule has 1 fully saturated rings. The number of rotatable bonds is 6. The third-order valence-electron chi connectivity index (χ3n) is 4.79. The molecular weight excluding hydrogens is 462 g/mol. The van der Waals surface area contributed by atoms with Crippen molar-refractivity contribution in [1.82, 2.24) is 5.32 Å². The van der Waals surface area contributed by atoms with Crippen LogP contribution in [-0.4, -0.2) is 16.0 Å². The molecule has 3 aromatic carbocycles. The Bertz CT molecular complexity index is 1290. The molecule has 1 N–H and O–H groups in total. The predicted octanol–water partition coefficient (Wildman–Crippen LogP) is 6.03. The van der Waals surface area contributed by atoms with Crippen LogP contribution in [0.4, 0.5) is 11.4 Å². The maximum atomic E-state index is 12.5. The second-order valence-electron chi connectivity index (χ2n) is 7.16. The molecule has 0 bridgehead atoms. The maximum Gasteiger partial charge on any atom is 0.269 e. The topological polar surface area (TPSA) is 93.8 Å². The van der Waals surface area contributed by atoms with Crippen molar-refractivity contribution in [3.63, 3.8) is 0 Å². The first kappa shape index (κ1) is 22.6. The molecule has 0 saturated carbocycles. The van der Waals surface area contributed by atoms with Gasteiger partial charge in [-0.2, -0.15) is 0 Å². The molecule has 4 rings (SSSR count). The lowest BCUT2D eigenvalue weighted by atomic mass is 10.1. The number of thioether (sulfide) groups is 1. The summed E-state index contributed by atoms with van der Waals surface area (Å²) in [5, 5.41) is 14.6. The smallest absolute Gasteiger partial charge is 0.269 e. The van der Waals surface area contributed by atoms with Crippen molar-refractivity contribution in [2.75, 3.05) is 0 Å². The number of aliphatic imine (C=N–C) groups is 1. The zero-order valence-corrected chi connectivity index (χ0v) is 19.0. The minimum absolute atomic E-state index is 0.0265. The minimum Gasteiger partial charge on any atom is -0.488 e. The zero-order valence-electron chi connectivity index (χ0n) is 17.4. The molecule has 0 aromatic heterocycles. The summed E-state index contributed by atoms with van der Waals surface area (Å²) in [6.07, 6.45) is 1.75. The van der Waals surface area contributed by atoms with Crippen LogP contribution in [0.1, 0.15) is 16.7 Å². The molecule has 7 nitrogen and oxygen atoms in total. The number of ether oxygens (including phenoxy) is 1. The van der Waals surface area contributed by atoms with Crippen LogP contribution in [0.15, 0.2) is 76.6 Å². The molecule has 33 heavy (non-hydrogen) atoms. The van der Waals surface area contributed by atoms with E-state index in [0.717, 1.165) is 16.7 Å². The zero-order chi connectivity index (χ0) is 23.4. The third kappa shape index (κ3) is 5.60. The fourth-order valence-corrected chi connectivity index (χ4v) is 4.03. The van der Waals surface area contributed by atoms with Gasteiger partial charge in [0.15, 0.2) is 5.17 Å². The summed E-state index contributed by atoms with van der Waals surface area (Å²) < 4.78 is 5.92. The molecule has 9 heteroatoms. The number of para-hydroxylation sites is 1. The Morgan fingerprint density at radius 1 is 1.15 bits per heavy atom. The first-order chi connectivity index (χ1) is 15.9. The Balaban J connectivity index is 1.51. The van der Waals surface area contributed by atoms with E-state index in [2.05, 4.69) is 10.3 Å². The van der Waals surface area contributed by atoms with E-state index in [0.29, 0.717) is 26.5 Å². The molecule has 3 aromatic rings. The van der Waals surface area contributed by atoms with Gasteiger partial charge in [0, 0.05) is 22.7 Å². The highest BCUT2D eigenvalue weighted by atomic mass is 35.5. The number of nitrogens with one attached hydrogen (secondary N) is 1. The van der Waals surface area contributed by atoms with Gasteiger partial charge < -0.3 is 10.1 Å². The normalized spacial score (nSPS) is 15.6. The van der Waals surface area contributed by atoms with Gasteiger partial charge in [-0.25, -0.2) is 4.99 Å². The fraction of sp³-hybridized carbons (Fsp3) is 0.0833. The van der Waals surface area contributed by atoms with E-state index in [1.165, 1.54) is 23.9 Å². The van der Waals surface area contributed by atoms with Gasteiger partial charge >= 0.3 is 0 Å². The van der Waals surface area contributed by atoms with Gasteiger partial charge in [-0.3, -0.25) is 14.9 Å². The number of nitro benzene ring substituents is 1. The molecule has 1 aliphatic rings. The minimum atomic E-state index is -0.443. The highest BCUT2D eigenvalue weighted by molar-refractivity contribution is 8.18. The van der Waals surface area contributed by atoms with Crippen molar-refractivity contribution in [2.24, 2.45) is 4.99 Å². The number of nitro groups is 1. The van der Waals surface area contributed by atoms with Crippen molar-refractivity contribution >= 4 is 51.9 Å². The van der Waals surface area contributed by atoms with Gasteiger partial charge in [-0.05, 0) is 66.2 Å². The number of benzene rings is 3. The standard InChI is InChI=1S/C24H18ClN3O4S/c1-15-6-9-18(25)13-20(15)26-24-27-23(29)22(33-24)12-17-4-2-3-5-21(17)32-14-16-7-10-19(11-8-16)28(30)31/h2-13H,14H2,1H3,(H,26,27,29)/b22-12-. The number of hydrogen-bond acceptors (Lipinski definition) is 6. The van der Waals surface area contributed by atoms with Gasteiger partial charge in [0.05, 0.1) is 15.5 Å². The highest BCUT2D eigenvalue weighted by Gasteiger charge is 2.24. The number of aryl methyl sites for hydroxylation is 1. The second-order valence-corrected chi connectivity index (χ2v) is 8.63. The molecular formula is C24H18ClN3O4S. The first-order valence-corrected chi connectivity index (χ1v) is 11.1. The molecule has 0 spiro atoms. The largest absolute Gasteiger partial charge is 0.488 e. The maximum absolute atomic E-state index is 12.5. The van der Waals surface area contributed by atoms with Crippen LogP contribution in [0.25, 0.3) is 6.08 Å². The Kier molecular flexibility index (Phi) is 6.76. The second kappa shape index (κ2) is 9.89. The molecule has 1 saturated heterocycles. The van der Waals surface area contributed by atoms with Crippen LogP contribution in [0, 0.1) is 17.0 Å². The van der Waals surface area contributed by atoms with E-state index in [1.54, 1.807) is 36.4 Å². The summed E-state index contributed by atoms with van der Waals surface area (Å²) in [5.74, 6) is 0.344. The van der Waals surface area contributed by atoms with Crippen LogP contribution in [0.2, 0.25) is 5.02 Å². The molecule has 166 valence electrons. The van der Waals surface area contributed by atoms with E-state index < -0.39 is 4.92 Å². The SMILES string of the molecule is Cc1ccc(Cl)cc1N=C1NC(=O)/C(=C/c2ccccc2OCc2ccc([N+](=O)[O-])cc2)S1. The molecule has 0 unspecified atom stereocenters. The van der Waals surface area contributed by atoms with Gasteiger partial charge in [-0.1, -0.05) is 35.9 Å². The quantitative estimate of drug-likeness (QED) is 0.265. The molecule has 0 aliphatic carbocycles. The number of halogens is 1. The molecule has 0 radical (unpaired) electrons. The Morgan fingerprint density at radius 3 is 2.67 bits per heavy atom. The van der Waals surface area contributed by atoms with E-state index in [4.69, 9.17) is 16.3 Å². The molecule has 1 heterocycles. The molecule has 1 aliphatic heterocycles. The molecule has 0 atom stereocenters. The highest BCUT2D eigenvalue weighted by Crippen LogP contribution is 2.32. The summed E-state index contributed by atoms with van der Waals surface area (Å²) in [6, 6.07) is 18.9. The average Bonchev–Trinajstić information content (AvgIpc) is 3.14. The van der Waals surface area contributed by atoms with Gasteiger partial charge in [0.25, 0.3) is 11.6 Å². The monoisotopic (exact) mass is 479 g/mol. The predicted molar refractivity (Wildman–Crippen MR) is 131 cm³/mol. The Labute approximate surface area is 199 Å². The van der Waals surface area contributed by atoms with Crippen molar-refractivity contribution in [2.45, 2.75) is 13.5 Å². The van der Waals surface area contributed by atoms with Crippen LogP contribution in [-0.2, 0) is 11.4 Å². The number of carbonyl (C=O) groups excluding carboxylic acids is 1. The van der Waals surface area contributed by atoms with Gasteiger partial charge in [0.1, 0.15) is 12.4 Å². The van der Waals surface area contributed by atoms with Crippen LogP contribution >= 0.6 is 23.4 Å². The summed E-state index contributed by atoms with van der Waals surface area (Å²) in [6.45, 7) is 2.16. The van der Waals surface area contributed by atoms with Crippen molar-refractivity contribution in [3.05, 3.63) is 103 Å². The van der Waals surface area contributed by atoms with E-state index in [-0.39, 0.29) is 18.2 Å². The van der Waals surface area contributed by atoms with Gasteiger partial charge in [-0.15, -0.1) is 0 Å². The van der Waals surface area contributed by atoms with E-state index in [9.17, 15) is 14.9 Å². The Morgan fingerprint density at radius 2 is 1.91 bits per heavy atom. The number of carbonyl (C=O) groups is 1. The lowest BCUT2D eigenvalue weighted by molar-refractivity contribution is -0.384. The van der Waals surface area contributed by atoms with Gasteiger partial charge in [0.2, 0.25) is 0 Å². The number of amidine groups is 1. The summed E-state index contributed by atoms with van der Waals surface area (Å²) in [4.78, 5) is 27.9. The Hall–Kier alpha value is -3.62. The van der Waals surface area contributed by atoms with E-state index in [1.807, 2.05) is 31.2 Å². The molecule has 1 amide bonds. The lowest BCUT2D eigenvalue weighted by Gasteiger charge is -2.09. The summed E-state index contributed by atoms with van der Waals surface area (Å²) in [5.41, 5.74) is 3.20. The number of amides is 1. The van der Waals surface area contributed by atoms with E-state index >= 15 is 0 Å².